The number of nitriles is 1. The predicted octanol–water partition coefficient (Wildman–Crippen LogP) is 5.30. The molecule has 1 spiro atoms. The molecule has 2 fully saturated rings. The van der Waals surface area contributed by atoms with Crippen molar-refractivity contribution in [3.8, 4) is 6.07 Å². The van der Waals surface area contributed by atoms with E-state index in [4.69, 9.17) is 23.2 Å². The molecule has 0 unspecified atom stereocenters. The van der Waals surface area contributed by atoms with Gasteiger partial charge < -0.3 is 4.90 Å². The van der Waals surface area contributed by atoms with Crippen molar-refractivity contribution >= 4 is 40.8 Å². The summed E-state index contributed by atoms with van der Waals surface area (Å²) < 4.78 is 0. The highest BCUT2D eigenvalue weighted by atomic mass is 35.5. The maximum absolute atomic E-state index is 14.2. The summed E-state index contributed by atoms with van der Waals surface area (Å²) in [6.07, 6.45) is 0. The number of carbonyl (C=O) groups excluding carboxylic acids is 2. The third kappa shape index (κ3) is 3.86. The van der Waals surface area contributed by atoms with Gasteiger partial charge in [-0.25, -0.2) is 9.69 Å². The van der Waals surface area contributed by atoms with Crippen LogP contribution in [0.25, 0.3) is 0 Å². The molecule has 0 saturated carbocycles. The number of likely N-dealkylation sites (N-methyl/N-ethyl adjacent to an activating group) is 1. The molecule has 35 heavy (non-hydrogen) atoms. The van der Waals surface area contributed by atoms with Crippen LogP contribution >= 0.6 is 23.2 Å². The van der Waals surface area contributed by atoms with Gasteiger partial charge in [0.25, 0.3) is 5.91 Å². The lowest BCUT2D eigenvalue weighted by atomic mass is 9.79. The number of hydrogen-bond acceptors (Lipinski definition) is 4. The second kappa shape index (κ2) is 9.01. The standard InChI is InChI=1S/C27H22Cl2N4O2/c1-31-26(35)33(22-12-20(28)11-21(29)13-22)25(34)27(31)17-32(15-18-7-3-2-4-8-18)16-24(27)23-10-6-5-9-19(23)14-30/h2-13,24H,15-17H2,1H3/t24-,27-/m1/s1. The quantitative estimate of drug-likeness (QED) is 0.452. The van der Waals surface area contributed by atoms with E-state index < -0.39 is 17.5 Å². The second-order valence-electron chi connectivity index (χ2n) is 8.94. The van der Waals surface area contributed by atoms with Crippen molar-refractivity contribution in [1.82, 2.24) is 9.80 Å². The molecule has 176 valence electrons. The Labute approximate surface area is 213 Å². The Morgan fingerprint density at radius 1 is 1.00 bits per heavy atom. The van der Waals surface area contributed by atoms with Crippen LogP contribution in [0.4, 0.5) is 10.5 Å². The molecule has 2 aliphatic heterocycles. The zero-order valence-electron chi connectivity index (χ0n) is 19.0. The molecule has 0 N–H and O–H groups in total. The Morgan fingerprint density at radius 3 is 2.34 bits per heavy atom. The maximum Gasteiger partial charge on any atom is 0.332 e. The minimum Gasteiger partial charge on any atom is -0.310 e. The van der Waals surface area contributed by atoms with Crippen LogP contribution in [0, 0.1) is 11.3 Å². The predicted molar refractivity (Wildman–Crippen MR) is 135 cm³/mol. The lowest BCUT2D eigenvalue weighted by Crippen LogP contribution is -2.53. The maximum atomic E-state index is 14.2. The number of rotatable bonds is 4. The lowest BCUT2D eigenvalue weighted by molar-refractivity contribution is -0.124. The van der Waals surface area contributed by atoms with Gasteiger partial charge in [-0.2, -0.15) is 5.26 Å². The Hall–Kier alpha value is -3.37. The fourth-order valence-electron chi connectivity index (χ4n) is 5.34. The van der Waals surface area contributed by atoms with Crippen LogP contribution in [-0.4, -0.2) is 47.4 Å². The molecule has 0 bridgehead atoms. The monoisotopic (exact) mass is 504 g/mol. The lowest BCUT2D eigenvalue weighted by Gasteiger charge is -2.34. The van der Waals surface area contributed by atoms with Gasteiger partial charge in [0.1, 0.15) is 5.54 Å². The molecule has 5 rings (SSSR count). The van der Waals surface area contributed by atoms with Crippen molar-refractivity contribution in [3.05, 3.63) is 99.5 Å². The first-order chi connectivity index (χ1) is 16.8. The summed E-state index contributed by atoms with van der Waals surface area (Å²) in [7, 11) is 1.65. The van der Waals surface area contributed by atoms with E-state index in [1.165, 1.54) is 4.90 Å². The van der Waals surface area contributed by atoms with Gasteiger partial charge >= 0.3 is 6.03 Å². The largest absolute Gasteiger partial charge is 0.332 e. The van der Waals surface area contributed by atoms with Gasteiger partial charge in [-0.15, -0.1) is 0 Å². The highest BCUT2D eigenvalue weighted by Crippen LogP contribution is 2.47. The van der Waals surface area contributed by atoms with Crippen molar-refractivity contribution < 1.29 is 9.59 Å². The third-order valence-corrected chi connectivity index (χ3v) is 7.38. The molecule has 0 radical (unpaired) electrons. The van der Waals surface area contributed by atoms with E-state index in [9.17, 15) is 14.9 Å². The second-order valence-corrected chi connectivity index (χ2v) is 9.81. The van der Waals surface area contributed by atoms with Gasteiger partial charge in [-0.1, -0.05) is 71.7 Å². The van der Waals surface area contributed by atoms with Gasteiger partial charge in [0, 0.05) is 42.6 Å². The van der Waals surface area contributed by atoms with Crippen LogP contribution < -0.4 is 4.90 Å². The first-order valence-electron chi connectivity index (χ1n) is 11.2. The SMILES string of the molecule is CN1C(=O)N(c2cc(Cl)cc(Cl)c2)C(=O)[C@]12CN(Cc1ccccc1)C[C@@H]2c1ccccc1C#N. The van der Waals surface area contributed by atoms with E-state index >= 15 is 0 Å². The van der Waals surface area contributed by atoms with Gasteiger partial charge in [-0.3, -0.25) is 9.69 Å². The summed E-state index contributed by atoms with van der Waals surface area (Å²) in [6, 6.07) is 23.8. The molecule has 0 aliphatic carbocycles. The molecule has 3 aromatic rings. The van der Waals surface area contributed by atoms with Crippen LogP contribution in [0.1, 0.15) is 22.6 Å². The average Bonchev–Trinajstić information content (AvgIpc) is 3.31. The fourth-order valence-corrected chi connectivity index (χ4v) is 5.86. The van der Waals surface area contributed by atoms with Crippen molar-refractivity contribution in [3.63, 3.8) is 0 Å². The topological polar surface area (TPSA) is 67.7 Å². The zero-order chi connectivity index (χ0) is 24.7. The summed E-state index contributed by atoms with van der Waals surface area (Å²) in [6.45, 7) is 1.46. The number of benzene rings is 3. The Morgan fingerprint density at radius 2 is 1.66 bits per heavy atom. The van der Waals surface area contributed by atoms with Gasteiger partial charge in [0.15, 0.2) is 0 Å². The normalized spacial score (nSPS) is 22.3. The number of halogens is 2. The van der Waals surface area contributed by atoms with Crippen LogP contribution in [0.3, 0.4) is 0 Å². The number of imide groups is 1. The van der Waals surface area contributed by atoms with Crippen LogP contribution in [0.5, 0.6) is 0 Å². The highest BCUT2D eigenvalue weighted by molar-refractivity contribution is 6.35. The van der Waals surface area contributed by atoms with E-state index in [2.05, 4.69) is 11.0 Å². The zero-order valence-corrected chi connectivity index (χ0v) is 20.5. The Kier molecular flexibility index (Phi) is 6.02. The van der Waals surface area contributed by atoms with Crippen molar-refractivity contribution in [2.75, 3.05) is 25.0 Å². The minimum absolute atomic E-state index is 0.329. The molecule has 2 saturated heterocycles. The van der Waals surface area contributed by atoms with Crippen LogP contribution in [0.2, 0.25) is 10.0 Å². The number of urea groups is 1. The van der Waals surface area contributed by atoms with Gasteiger partial charge in [-0.05, 0) is 35.4 Å². The molecular weight excluding hydrogens is 483 g/mol. The van der Waals surface area contributed by atoms with E-state index in [1.807, 2.05) is 42.5 Å². The summed E-state index contributed by atoms with van der Waals surface area (Å²) in [4.78, 5) is 32.6. The summed E-state index contributed by atoms with van der Waals surface area (Å²) in [5.41, 5.74) is 1.50. The molecular formula is C27H22Cl2N4O2. The highest BCUT2D eigenvalue weighted by Gasteiger charge is 2.64. The smallest absolute Gasteiger partial charge is 0.310 e. The molecule has 6 nitrogen and oxygen atoms in total. The number of nitrogens with zero attached hydrogens (tertiary/aromatic N) is 4. The molecule has 3 amide bonds. The molecule has 3 aromatic carbocycles. The Bertz CT molecular complexity index is 1340. The van der Waals surface area contributed by atoms with E-state index in [0.29, 0.717) is 40.9 Å². The van der Waals surface area contributed by atoms with E-state index in [0.717, 1.165) is 16.0 Å². The van der Waals surface area contributed by atoms with E-state index in [-0.39, 0.29) is 5.91 Å². The van der Waals surface area contributed by atoms with Crippen LogP contribution in [0.15, 0.2) is 72.8 Å². The number of hydrogen-bond donors (Lipinski definition) is 0. The van der Waals surface area contributed by atoms with E-state index in [1.54, 1.807) is 37.4 Å². The van der Waals surface area contributed by atoms with Gasteiger partial charge in [0.05, 0.1) is 17.3 Å². The Balaban J connectivity index is 1.62. The van der Waals surface area contributed by atoms with Crippen molar-refractivity contribution in [2.45, 2.75) is 18.0 Å². The number of likely N-dealkylation sites (tertiary alicyclic amines) is 1. The van der Waals surface area contributed by atoms with Crippen molar-refractivity contribution in [2.24, 2.45) is 0 Å². The molecule has 2 heterocycles. The number of anilines is 1. The molecule has 8 heteroatoms. The van der Waals surface area contributed by atoms with Crippen molar-refractivity contribution in [1.29, 1.82) is 5.26 Å². The first kappa shape index (κ1) is 23.4. The average molecular weight is 505 g/mol. The summed E-state index contributed by atoms with van der Waals surface area (Å²) >= 11 is 12.4. The fraction of sp³-hybridized carbons (Fsp3) is 0.222. The van der Waals surface area contributed by atoms with Crippen LogP contribution in [-0.2, 0) is 11.3 Å². The summed E-state index contributed by atoms with van der Waals surface area (Å²) in [5, 5.41) is 10.5. The minimum atomic E-state index is -1.19. The molecule has 0 aromatic heterocycles. The molecule has 2 aliphatic rings. The number of carbonyl (C=O) groups is 2. The molecule has 2 atom stereocenters. The third-order valence-electron chi connectivity index (χ3n) is 6.94. The van der Waals surface area contributed by atoms with Gasteiger partial charge in [0.2, 0.25) is 0 Å². The first-order valence-corrected chi connectivity index (χ1v) is 11.9. The summed E-state index contributed by atoms with van der Waals surface area (Å²) in [5.74, 6) is -0.750. The number of amides is 3.